The van der Waals surface area contributed by atoms with Crippen molar-refractivity contribution in [2.24, 2.45) is 5.73 Å². The van der Waals surface area contributed by atoms with E-state index in [2.05, 4.69) is 6.07 Å². The van der Waals surface area contributed by atoms with E-state index in [0.29, 0.717) is 30.8 Å². The van der Waals surface area contributed by atoms with Gasteiger partial charge in [0.2, 0.25) is 5.88 Å². The molecule has 0 amide bonds. The summed E-state index contributed by atoms with van der Waals surface area (Å²) in [5.41, 5.74) is 8.74. The molecule has 0 spiro atoms. The van der Waals surface area contributed by atoms with Gasteiger partial charge in [-0.05, 0) is 29.7 Å². The first kappa shape index (κ1) is 17.9. The number of nitriles is 1. The number of benzene rings is 2. The zero-order chi connectivity index (χ0) is 19.5. The zero-order valence-electron chi connectivity index (χ0n) is 15.4. The predicted octanol–water partition coefficient (Wildman–Crippen LogP) is 4.08. The number of carbonyl (C=O) groups is 1. The number of hydrogen-bond donors (Lipinski definition) is 1. The molecule has 0 fully saturated rings. The van der Waals surface area contributed by atoms with E-state index in [9.17, 15) is 10.1 Å². The Morgan fingerprint density at radius 2 is 1.86 bits per heavy atom. The highest BCUT2D eigenvalue weighted by atomic mass is 16.5. The van der Waals surface area contributed by atoms with Gasteiger partial charge in [-0.3, -0.25) is 4.79 Å². The summed E-state index contributed by atoms with van der Waals surface area (Å²) in [5.74, 6) is 0.951. The molecule has 5 heteroatoms. The molecule has 1 heterocycles. The molecule has 2 aliphatic rings. The van der Waals surface area contributed by atoms with Crippen LogP contribution in [0.4, 0.5) is 0 Å². The van der Waals surface area contributed by atoms with E-state index >= 15 is 0 Å². The Morgan fingerprint density at radius 1 is 1.11 bits per heavy atom. The molecule has 1 aliphatic carbocycles. The molecule has 0 aromatic heterocycles. The summed E-state index contributed by atoms with van der Waals surface area (Å²) in [5, 5.41) is 9.61. The number of Topliss-reactive ketones (excluding diaryl/α,β-unsaturated/α-hetero) is 1. The van der Waals surface area contributed by atoms with Crippen LogP contribution in [-0.4, -0.2) is 5.78 Å². The molecule has 2 N–H and O–H groups in total. The molecule has 2 aromatic carbocycles. The number of nitrogens with two attached hydrogens (primary N) is 1. The largest absolute Gasteiger partial charge is 0.489 e. The number of ether oxygens (including phenoxy) is 2. The first-order valence-corrected chi connectivity index (χ1v) is 9.28. The summed E-state index contributed by atoms with van der Waals surface area (Å²) in [6, 6.07) is 19.5. The molecule has 0 saturated heterocycles. The smallest absolute Gasteiger partial charge is 0.205 e. The average molecular weight is 372 g/mol. The maximum Gasteiger partial charge on any atom is 0.205 e. The molecule has 0 saturated carbocycles. The third-order valence-corrected chi connectivity index (χ3v) is 5.07. The number of rotatable bonds is 4. The van der Waals surface area contributed by atoms with Crippen LogP contribution in [0.3, 0.4) is 0 Å². The minimum Gasteiger partial charge on any atom is -0.489 e. The highest BCUT2D eigenvalue weighted by molar-refractivity contribution is 5.99. The van der Waals surface area contributed by atoms with Gasteiger partial charge in [0, 0.05) is 18.4 Å². The third kappa shape index (κ3) is 3.37. The van der Waals surface area contributed by atoms with Crippen molar-refractivity contribution in [2.45, 2.75) is 31.8 Å². The molecule has 4 rings (SSSR count). The topological polar surface area (TPSA) is 85.3 Å². The number of carbonyl (C=O) groups excluding carboxylic acids is 1. The van der Waals surface area contributed by atoms with Crippen molar-refractivity contribution >= 4 is 5.78 Å². The van der Waals surface area contributed by atoms with Crippen LogP contribution in [-0.2, 0) is 16.1 Å². The highest BCUT2D eigenvalue weighted by Gasteiger charge is 2.37. The Labute approximate surface area is 163 Å². The van der Waals surface area contributed by atoms with Crippen LogP contribution < -0.4 is 10.5 Å². The fourth-order valence-corrected chi connectivity index (χ4v) is 3.69. The van der Waals surface area contributed by atoms with Crippen molar-refractivity contribution in [1.29, 1.82) is 5.26 Å². The van der Waals surface area contributed by atoms with Gasteiger partial charge in [0.15, 0.2) is 5.78 Å². The lowest BCUT2D eigenvalue weighted by Gasteiger charge is -2.31. The van der Waals surface area contributed by atoms with Gasteiger partial charge in [-0.15, -0.1) is 0 Å². The van der Waals surface area contributed by atoms with Crippen molar-refractivity contribution < 1.29 is 14.3 Å². The first-order valence-electron chi connectivity index (χ1n) is 9.28. The molecule has 140 valence electrons. The van der Waals surface area contributed by atoms with Crippen molar-refractivity contribution in [3.63, 3.8) is 0 Å². The van der Waals surface area contributed by atoms with Gasteiger partial charge in [-0.2, -0.15) is 5.26 Å². The lowest BCUT2D eigenvalue weighted by Crippen LogP contribution is -2.27. The lowest BCUT2D eigenvalue weighted by molar-refractivity contribution is -0.116. The minimum absolute atomic E-state index is 0.0240. The van der Waals surface area contributed by atoms with Gasteiger partial charge in [0.05, 0.1) is 5.92 Å². The van der Waals surface area contributed by atoms with Gasteiger partial charge in [0.25, 0.3) is 0 Å². The van der Waals surface area contributed by atoms with Crippen molar-refractivity contribution in [2.75, 3.05) is 0 Å². The monoisotopic (exact) mass is 372 g/mol. The van der Waals surface area contributed by atoms with Crippen LogP contribution in [0.15, 0.2) is 77.4 Å². The maximum atomic E-state index is 12.6. The van der Waals surface area contributed by atoms with E-state index < -0.39 is 5.92 Å². The van der Waals surface area contributed by atoms with Crippen LogP contribution in [0.5, 0.6) is 5.75 Å². The number of hydrogen-bond acceptors (Lipinski definition) is 5. The van der Waals surface area contributed by atoms with E-state index in [1.54, 1.807) is 0 Å². The second kappa shape index (κ2) is 7.61. The van der Waals surface area contributed by atoms with E-state index in [0.717, 1.165) is 23.3 Å². The SMILES string of the molecule is N#CC1=C(N)OC2=C(C(=O)CCC2)[C@H]1c1ccc(OCc2ccccc2)cc1. The highest BCUT2D eigenvalue weighted by Crippen LogP contribution is 2.43. The maximum absolute atomic E-state index is 12.6. The van der Waals surface area contributed by atoms with Crippen LogP contribution in [0, 0.1) is 11.3 Å². The molecule has 5 nitrogen and oxygen atoms in total. The molecule has 2 aromatic rings. The van der Waals surface area contributed by atoms with Gasteiger partial charge in [-0.25, -0.2) is 0 Å². The van der Waals surface area contributed by atoms with E-state index in [1.165, 1.54) is 0 Å². The standard InChI is InChI=1S/C23H20N2O3/c24-13-18-21(22-19(26)7-4-8-20(22)28-23(18)25)16-9-11-17(12-10-16)27-14-15-5-2-1-3-6-15/h1-3,5-6,9-12,21H,4,7-8,14,25H2/t21-/m0/s1. The predicted molar refractivity (Wildman–Crippen MR) is 104 cm³/mol. The second-order valence-corrected chi connectivity index (χ2v) is 6.88. The number of ketones is 1. The molecule has 0 radical (unpaired) electrons. The summed E-state index contributed by atoms with van der Waals surface area (Å²) in [4.78, 5) is 12.6. The summed E-state index contributed by atoms with van der Waals surface area (Å²) >= 11 is 0. The third-order valence-electron chi connectivity index (χ3n) is 5.07. The average Bonchev–Trinajstić information content (AvgIpc) is 2.73. The Hall–Kier alpha value is -3.52. The van der Waals surface area contributed by atoms with Crippen molar-refractivity contribution in [1.82, 2.24) is 0 Å². The zero-order valence-corrected chi connectivity index (χ0v) is 15.4. The molecular formula is C23H20N2O3. The Bertz CT molecular complexity index is 998. The minimum atomic E-state index is -0.482. The van der Waals surface area contributed by atoms with Crippen LogP contribution in [0.2, 0.25) is 0 Å². The quantitative estimate of drug-likeness (QED) is 0.874. The fourth-order valence-electron chi connectivity index (χ4n) is 3.69. The van der Waals surface area contributed by atoms with Gasteiger partial charge >= 0.3 is 0 Å². The van der Waals surface area contributed by atoms with Gasteiger partial charge in [-0.1, -0.05) is 42.5 Å². The Morgan fingerprint density at radius 3 is 2.57 bits per heavy atom. The summed E-state index contributed by atoms with van der Waals surface area (Å²) in [6.07, 6.45) is 1.87. The van der Waals surface area contributed by atoms with Crippen molar-refractivity contribution in [3.05, 3.63) is 88.5 Å². The first-order chi connectivity index (χ1) is 13.7. The molecule has 0 unspecified atom stereocenters. The lowest BCUT2D eigenvalue weighted by atomic mass is 9.77. The second-order valence-electron chi connectivity index (χ2n) is 6.88. The molecule has 28 heavy (non-hydrogen) atoms. The summed E-state index contributed by atoms with van der Waals surface area (Å²) < 4.78 is 11.4. The van der Waals surface area contributed by atoms with E-state index in [-0.39, 0.29) is 17.2 Å². The van der Waals surface area contributed by atoms with Crippen LogP contribution >= 0.6 is 0 Å². The Balaban J connectivity index is 1.61. The van der Waals surface area contributed by atoms with Crippen molar-refractivity contribution in [3.8, 4) is 11.8 Å². The van der Waals surface area contributed by atoms with Gasteiger partial charge < -0.3 is 15.2 Å². The Kier molecular flexibility index (Phi) is 4.86. The molecule has 1 aliphatic heterocycles. The van der Waals surface area contributed by atoms with Crippen LogP contribution in [0.25, 0.3) is 0 Å². The number of nitrogens with zero attached hydrogens (tertiary/aromatic N) is 1. The molecule has 0 bridgehead atoms. The van der Waals surface area contributed by atoms with Gasteiger partial charge in [0.1, 0.15) is 29.8 Å². The summed E-state index contributed by atoms with van der Waals surface area (Å²) in [6.45, 7) is 0.474. The molecular weight excluding hydrogens is 352 g/mol. The fraction of sp³-hybridized carbons (Fsp3) is 0.217. The van der Waals surface area contributed by atoms with E-state index in [4.69, 9.17) is 15.2 Å². The number of allylic oxidation sites excluding steroid dienone is 3. The van der Waals surface area contributed by atoms with Crippen LogP contribution in [0.1, 0.15) is 36.3 Å². The molecule has 1 atom stereocenters. The summed E-state index contributed by atoms with van der Waals surface area (Å²) in [7, 11) is 0. The van der Waals surface area contributed by atoms with E-state index in [1.807, 2.05) is 54.6 Å². The normalized spacial score (nSPS) is 19.0.